The van der Waals surface area contributed by atoms with E-state index in [0.717, 1.165) is 16.7 Å². The first-order valence-corrected chi connectivity index (χ1v) is 10.8. The Morgan fingerprint density at radius 2 is 1.82 bits per heavy atom. The Balaban J connectivity index is 1.64. The molecule has 0 bridgehead atoms. The molecule has 5 aromatic rings. The van der Waals surface area contributed by atoms with Gasteiger partial charge in [-0.2, -0.15) is 0 Å². The van der Waals surface area contributed by atoms with Crippen molar-refractivity contribution in [3.8, 4) is 22.8 Å². The Labute approximate surface area is 194 Å². The minimum absolute atomic E-state index is 0.0560. The van der Waals surface area contributed by atoms with Gasteiger partial charge in [0.05, 0.1) is 17.1 Å². The molecule has 3 heterocycles. The van der Waals surface area contributed by atoms with E-state index in [2.05, 4.69) is 25.0 Å². The fraction of sp³-hybridized carbons (Fsp3) is 0.154. The van der Waals surface area contributed by atoms with Gasteiger partial charge >= 0.3 is 5.76 Å². The van der Waals surface area contributed by atoms with Gasteiger partial charge in [-0.3, -0.25) is 19.3 Å². The fourth-order valence-electron chi connectivity index (χ4n) is 4.11. The number of anilines is 1. The molecule has 5 rings (SSSR count). The second-order valence-electron chi connectivity index (χ2n) is 8.19. The normalized spacial score (nSPS) is 12.1. The van der Waals surface area contributed by atoms with Crippen molar-refractivity contribution in [2.24, 2.45) is 0 Å². The molecule has 3 aromatic heterocycles. The van der Waals surface area contributed by atoms with Crippen LogP contribution in [0.3, 0.4) is 0 Å². The van der Waals surface area contributed by atoms with Crippen LogP contribution in [-0.2, 0) is 0 Å². The number of aromatic nitrogens is 3. The number of rotatable bonds is 5. The summed E-state index contributed by atoms with van der Waals surface area (Å²) >= 11 is 0. The summed E-state index contributed by atoms with van der Waals surface area (Å²) in [4.78, 5) is 31.6. The molecule has 170 valence electrons. The van der Waals surface area contributed by atoms with Crippen LogP contribution < -0.4 is 16.5 Å². The number of hydrogen-bond donors (Lipinski definition) is 2. The molecule has 0 fully saturated rings. The van der Waals surface area contributed by atoms with Gasteiger partial charge in [0.1, 0.15) is 17.0 Å². The van der Waals surface area contributed by atoms with Crippen LogP contribution in [0.1, 0.15) is 29.7 Å². The second-order valence-corrected chi connectivity index (χ2v) is 8.19. The zero-order valence-electron chi connectivity index (χ0n) is 18.9. The summed E-state index contributed by atoms with van der Waals surface area (Å²) in [6.07, 6.45) is 1.61. The second kappa shape index (κ2) is 8.47. The Morgan fingerprint density at radius 1 is 1.03 bits per heavy atom. The largest absolute Gasteiger partial charge is 0.455 e. The SMILES string of the molecule is Cc1cc([C@@H](C)Nc2cccnc2-c2noc(=O)[nH]2)c2oc(-c3ccccc3)c(C)c(=O)c2c1. The van der Waals surface area contributed by atoms with Crippen LogP contribution >= 0.6 is 0 Å². The summed E-state index contributed by atoms with van der Waals surface area (Å²) in [6, 6.07) is 16.8. The van der Waals surface area contributed by atoms with E-state index in [1.165, 1.54) is 0 Å². The Hall–Kier alpha value is -4.46. The van der Waals surface area contributed by atoms with Gasteiger partial charge < -0.3 is 9.73 Å². The standard InChI is InChI=1S/C26H22N4O4/c1-14-12-18(16(3)28-20-10-7-11-27-21(20)25-29-26(32)34-30-25)24-19(13-14)22(31)15(2)23(33-24)17-8-5-4-6-9-17/h4-13,16,28H,1-3H3,(H,29,30,32)/t16-/m1/s1. The van der Waals surface area contributed by atoms with Gasteiger partial charge in [0.15, 0.2) is 5.43 Å². The van der Waals surface area contributed by atoms with Crippen LogP contribution in [0.15, 0.2) is 79.3 Å². The maximum absolute atomic E-state index is 13.3. The molecule has 0 saturated heterocycles. The number of nitrogens with zero attached hydrogens (tertiary/aromatic N) is 2. The van der Waals surface area contributed by atoms with Gasteiger partial charge in [-0.15, -0.1) is 0 Å². The third-order valence-corrected chi connectivity index (χ3v) is 5.74. The molecule has 0 saturated carbocycles. The number of fused-ring (bicyclic) bond motifs is 1. The maximum Gasteiger partial charge on any atom is 0.439 e. The monoisotopic (exact) mass is 454 g/mol. The topological polar surface area (TPSA) is 114 Å². The predicted octanol–water partition coefficient (Wildman–Crippen LogP) is 4.99. The van der Waals surface area contributed by atoms with Crippen molar-refractivity contribution in [3.63, 3.8) is 0 Å². The number of nitrogens with one attached hydrogen (secondary N) is 2. The van der Waals surface area contributed by atoms with Crippen molar-refractivity contribution in [1.82, 2.24) is 15.1 Å². The predicted molar refractivity (Wildman–Crippen MR) is 130 cm³/mol. The Bertz CT molecular complexity index is 1620. The molecule has 34 heavy (non-hydrogen) atoms. The summed E-state index contributed by atoms with van der Waals surface area (Å²) in [5.74, 6) is 0.121. The van der Waals surface area contributed by atoms with E-state index < -0.39 is 5.76 Å². The number of benzene rings is 2. The summed E-state index contributed by atoms with van der Waals surface area (Å²) in [7, 11) is 0. The van der Waals surface area contributed by atoms with Gasteiger partial charge in [0, 0.05) is 22.9 Å². The van der Waals surface area contributed by atoms with E-state index in [-0.39, 0.29) is 17.3 Å². The smallest absolute Gasteiger partial charge is 0.439 e. The lowest BCUT2D eigenvalue weighted by molar-refractivity contribution is 0.388. The zero-order valence-corrected chi connectivity index (χ0v) is 18.9. The van der Waals surface area contributed by atoms with Crippen molar-refractivity contribution in [2.45, 2.75) is 26.8 Å². The van der Waals surface area contributed by atoms with Crippen molar-refractivity contribution in [1.29, 1.82) is 0 Å². The molecule has 2 aromatic carbocycles. The molecule has 8 heteroatoms. The minimum Gasteiger partial charge on any atom is -0.455 e. The number of H-pyrrole nitrogens is 1. The van der Waals surface area contributed by atoms with E-state index in [1.54, 1.807) is 19.2 Å². The zero-order chi connectivity index (χ0) is 23.8. The highest BCUT2D eigenvalue weighted by molar-refractivity contribution is 5.85. The quantitative estimate of drug-likeness (QED) is 0.385. The number of hydrogen-bond acceptors (Lipinski definition) is 7. The molecule has 0 aliphatic carbocycles. The van der Waals surface area contributed by atoms with Crippen molar-refractivity contribution in [2.75, 3.05) is 5.32 Å². The molecule has 0 radical (unpaired) electrons. The summed E-state index contributed by atoms with van der Waals surface area (Å²) in [5, 5.41) is 7.71. The lowest BCUT2D eigenvalue weighted by Crippen LogP contribution is -2.13. The van der Waals surface area contributed by atoms with E-state index in [9.17, 15) is 9.59 Å². The third kappa shape index (κ3) is 3.79. The van der Waals surface area contributed by atoms with E-state index in [4.69, 9.17) is 4.42 Å². The van der Waals surface area contributed by atoms with E-state index in [1.807, 2.05) is 62.4 Å². The highest BCUT2D eigenvalue weighted by atomic mass is 16.5. The van der Waals surface area contributed by atoms with Gasteiger partial charge in [-0.1, -0.05) is 41.6 Å². The fourth-order valence-corrected chi connectivity index (χ4v) is 4.11. The van der Waals surface area contributed by atoms with Crippen LogP contribution in [0, 0.1) is 13.8 Å². The van der Waals surface area contributed by atoms with E-state index >= 15 is 0 Å². The lowest BCUT2D eigenvalue weighted by atomic mass is 9.98. The molecule has 0 amide bonds. The molecule has 1 atom stereocenters. The van der Waals surface area contributed by atoms with Gasteiger partial charge in [-0.25, -0.2) is 4.79 Å². The summed E-state index contributed by atoms with van der Waals surface area (Å²) in [5.41, 5.74) is 4.75. The van der Waals surface area contributed by atoms with E-state index in [0.29, 0.717) is 33.7 Å². The van der Waals surface area contributed by atoms with Gasteiger partial charge in [0.25, 0.3) is 0 Å². The number of aryl methyl sites for hydroxylation is 1. The Morgan fingerprint density at radius 3 is 2.56 bits per heavy atom. The average molecular weight is 454 g/mol. The average Bonchev–Trinajstić information content (AvgIpc) is 3.28. The Kier molecular flexibility index (Phi) is 5.33. The molecular formula is C26H22N4O4. The summed E-state index contributed by atoms with van der Waals surface area (Å²) in [6.45, 7) is 5.71. The molecule has 2 N–H and O–H groups in total. The summed E-state index contributed by atoms with van der Waals surface area (Å²) < 4.78 is 11.0. The lowest BCUT2D eigenvalue weighted by Gasteiger charge is -2.19. The first kappa shape index (κ1) is 21.4. The van der Waals surface area contributed by atoms with Gasteiger partial charge in [0.2, 0.25) is 5.82 Å². The molecule has 0 aliphatic rings. The maximum atomic E-state index is 13.3. The molecule has 0 aliphatic heterocycles. The van der Waals surface area contributed by atoms with Crippen molar-refractivity contribution < 1.29 is 8.94 Å². The molecular weight excluding hydrogens is 432 g/mol. The number of pyridine rings is 1. The molecule has 0 spiro atoms. The first-order valence-electron chi connectivity index (χ1n) is 10.8. The highest BCUT2D eigenvalue weighted by Crippen LogP contribution is 2.33. The van der Waals surface area contributed by atoms with Crippen LogP contribution in [0.2, 0.25) is 0 Å². The van der Waals surface area contributed by atoms with Crippen LogP contribution in [0.25, 0.3) is 33.8 Å². The number of aromatic amines is 1. The molecule has 8 nitrogen and oxygen atoms in total. The van der Waals surface area contributed by atoms with Crippen LogP contribution in [0.5, 0.6) is 0 Å². The van der Waals surface area contributed by atoms with Crippen LogP contribution in [0.4, 0.5) is 5.69 Å². The van der Waals surface area contributed by atoms with Crippen molar-refractivity contribution in [3.05, 3.63) is 98.3 Å². The van der Waals surface area contributed by atoms with Crippen LogP contribution in [-0.4, -0.2) is 15.1 Å². The molecule has 0 unspecified atom stereocenters. The van der Waals surface area contributed by atoms with Crippen molar-refractivity contribution >= 4 is 16.7 Å². The third-order valence-electron chi connectivity index (χ3n) is 5.74. The minimum atomic E-state index is -0.657. The van der Waals surface area contributed by atoms with Gasteiger partial charge in [-0.05, 0) is 44.5 Å². The first-order chi connectivity index (χ1) is 16.4. The highest BCUT2D eigenvalue weighted by Gasteiger charge is 2.20.